The third-order valence-corrected chi connectivity index (χ3v) is 6.46. The highest BCUT2D eigenvalue weighted by Crippen LogP contribution is 2.28. The Bertz CT molecular complexity index is 1190. The van der Waals surface area contributed by atoms with Gasteiger partial charge in [-0.3, -0.25) is 4.79 Å². The zero-order chi connectivity index (χ0) is 19.0. The van der Waals surface area contributed by atoms with E-state index in [9.17, 15) is 9.18 Å². The number of nitrogens with zero attached hydrogens (tertiary/aromatic N) is 2. The van der Waals surface area contributed by atoms with Gasteiger partial charge in [-0.15, -0.1) is 5.10 Å². The van der Waals surface area contributed by atoms with Crippen LogP contribution in [-0.4, -0.2) is 26.3 Å². The van der Waals surface area contributed by atoms with E-state index >= 15 is 0 Å². The predicted molar refractivity (Wildman–Crippen MR) is 110 cm³/mol. The van der Waals surface area contributed by atoms with Crippen molar-refractivity contribution in [1.29, 1.82) is 0 Å². The van der Waals surface area contributed by atoms with Crippen LogP contribution in [0.25, 0.3) is 16.6 Å². The van der Waals surface area contributed by atoms with Gasteiger partial charge < -0.3 is 4.98 Å². The van der Waals surface area contributed by atoms with Gasteiger partial charge in [0.05, 0.1) is 11.4 Å². The molecule has 0 fully saturated rings. The number of aryl methyl sites for hydroxylation is 1. The van der Waals surface area contributed by atoms with E-state index < -0.39 is 0 Å². The normalized spacial score (nSPS) is 11.2. The summed E-state index contributed by atoms with van der Waals surface area (Å²) < 4.78 is 15.9. The van der Waals surface area contributed by atoms with Crippen molar-refractivity contribution in [3.8, 4) is 5.69 Å². The van der Waals surface area contributed by atoms with Crippen molar-refractivity contribution in [2.24, 2.45) is 0 Å². The molecular formula is C19H14FN3OS3. The van der Waals surface area contributed by atoms with E-state index in [2.05, 4.69) is 10.1 Å². The Hall–Kier alpha value is -2.29. The van der Waals surface area contributed by atoms with Gasteiger partial charge in [-0.25, -0.2) is 9.07 Å². The van der Waals surface area contributed by atoms with Gasteiger partial charge in [0.1, 0.15) is 5.82 Å². The van der Waals surface area contributed by atoms with E-state index in [1.54, 1.807) is 16.8 Å². The summed E-state index contributed by atoms with van der Waals surface area (Å²) in [5.74, 6) is 0.00758. The summed E-state index contributed by atoms with van der Waals surface area (Å²) in [6.45, 7) is 1.91. The third-order valence-electron chi connectivity index (χ3n) is 4.10. The molecule has 0 atom stereocenters. The number of ketones is 1. The van der Waals surface area contributed by atoms with Crippen LogP contribution >= 0.6 is 35.3 Å². The van der Waals surface area contributed by atoms with Gasteiger partial charge in [-0.1, -0.05) is 41.3 Å². The molecule has 136 valence electrons. The smallest absolute Gasteiger partial charge is 0.184 e. The van der Waals surface area contributed by atoms with Crippen LogP contribution in [0.1, 0.15) is 16.1 Å². The maximum absolute atomic E-state index is 13.1. The number of hydrogen-bond acceptors (Lipinski definition) is 5. The van der Waals surface area contributed by atoms with E-state index in [-0.39, 0.29) is 17.4 Å². The first kappa shape index (κ1) is 18.1. The molecule has 0 aliphatic rings. The Balaban J connectivity index is 1.54. The Morgan fingerprint density at radius 3 is 2.78 bits per heavy atom. The topological polar surface area (TPSA) is 50.7 Å². The van der Waals surface area contributed by atoms with Gasteiger partial charge in [0.2, 0.25) is 0 Å². The van der Waals surface area contributed by atoms with Gasteiger partial charge in [-0.2, -0.15) is 0 Å². The fraction of sp³-hybridized carbons (Fsp3) is 0.105. The summed E-state index contributed by atoms with van der Waals surface area (Å²) >= 11 is 8.05. The monoisotopic (exact) mass is 415 g/mol. The summed E-state index contributed by atoms with van der Waals surface area (Å²) in [6, 6.07) is 13.8. The lowest BCUT2D eigenvalue weighted by Gasteiger charge is -2.01. The van der Waals surface area contributed by atoms with Crippen LogP contribution < -0.4 is 0 Å². The maximum Gasteiger partial charge on any atom is 0.184 e. The molecule has 8 heteroatoms. The maximum atomic E-state index is 13.1. The molecule has 0 aliphatic carbocycles. The number of carbonyl (C=O) groups is 1. The molecule has 0 radical (unpaired) electrons. The van der Waals surface area contributed by atoms with Crippen molar-refractivity contribution in [2.45, 2.75) is 11.3 Å². The second-order valence-corrected chi connectivity index (χ2v) is 8.75. The number of aromatic amines is 1. The number of carbonyl (C=O) groups excluding carboxylic acids is 1. The molecule has 2 heterocycles. The SMILES string of the molecule is Cc1[nH]c2ccccc2c1C(=O)CSc1nn(-c2ccc(F)cc2)c(=S)s1. The van der Waals surface area contributed by atoms with E-state index in [0.717, 1.165) is 22.2 Å². The van der Waals surface area contributed by atoms with Crippen LogP contribution in [-0.2, 0) is 0 Å². The lowest BCUT2D eigenvalue weighted by molar-refractivity contribution is 0.102. The Labute approximate surface area is 168 Å². The molecular weight excluding hydrogens is 401 g/mol. The first-order valence-electron chi connectivity index (χ1n) is 8.12. The number of benzene rings is 2. The molecule has 0 bridgehead atoms. The largest absolute Gasteiger partial charge is 0.358 e. The highest BCUT2D eigenvalue weighted by molar-refractivity contribution is 8.01. The number of Topliss-reactive ketones (excluding diaryl/α,β-unsaturated/α-hetero) is 1. The molecule has 0 aliphatic heterocycles. The molecule has 0 saturated heterocycles. The molecule has 0 saturated carbocycles. The Morgan fingerprint density at radius 1 is 1.26 bits per heavy atom. The minimum absolute atomic E-state index is 0.0457. The molecule has 27 heavy (non-hydrogen) atoms. The van der Waals surface area contributed by atoms with Gasteiger partial charge in [0.25, 0.3) is 0 Å². The third kappa shape index (κ3) is 3.60. The highest BCUT2D eigenvalue weighted by Gasteiger charge is 2.17. The quantitative estimate of drug-likeness (QED) is 0.263. The van der Waals surface area contributed by atoms with Gasteiger partial charge in [0, 0.05) is 22.2 Å². The predicted octanol–water partition coefficient (Wildman–Crippen LogP) is 5.57. The number of para-hydroxylation sites is 1. The van der Waals surface area contributed by atoms with Crippen LogP contribution in [0.4, 0.5) is 4.39 Å². The summed E-state index contributed by atoms with van der Waals surface area (Å²) in [5.41, 5.74) is 3.24. The number of thioether (sulfide) groups is 1. The fourth-order valence-electron chi connectivity index (χ4n) is 2.90. The van der Waals surface area contributed by atoms with Gasteiger partial charge in [0.15, 0.2) is 14.1 Å². The molecule has 4 aromatic rings. The minimum Gasteiger partial charge on any atom is -0.358 e. The number of rotatable bonds is 5. The average Bonchev–Trinajstić information content (AvgIpc) is 3.19. The van der Waals surface area contributed by atoms with Crippen LogP contribution in [0.5, 0.6) is 0 Å². The number of nitrogens with one attached hydrogen (secondary N) is 1. The van der Waals surface area contributed by atoms with Crippen LogP contribution in [0.2, 0.25) is 0 Å². The fourth-order valence-corrected chi connectivity index (χ4v) is 5.13. The van der Waals surface area contributed by atoms with Crippen molar-refractivity contribution >= 4 is 52.0 Å². The first-order valence-corrected chi connectivity index (χ1v) is 10.3. The second-order valence-electron chi connectivity index (χ2n) is 5.90. The molecule has 4 nitrogen and oxygen atoms in total. The lowest BCUT2D eigenvalue weighted by Crippen LogP contribution is -2.03. The van der Waals surface area contributed by atoms with Crippen LogP contribution in [0.3, 0.4) is 0 Å². The van der Waals surface area contributed by atoms with Crippen molar-refractivity contribution in [1.82, 2.24) is 14.8 Å². The summed E-state index contributed by atoms with van der Waals surface area (Å²) in [7, 11) is 0. The van der Waals surface area contributed by atoms with Crippen molar-refractivity contribution in [3.63, 3.8) is 0 Å². The van der Waals surface area contributed by atoms with Crippen molar-refractivity contribution < 1.29 is 9.18 Å². The van der Waals surface area contributed by atoms with E-state index in [0.29, 0.717) is 14.0 Å². The molecule has 4 rings (SSSR count). The number of hydrogen-bond donors (Lipinski definition) is 1. The van der Waals surface area contributed by atoms with E-state index in [1.807, 2.05) is 31.2 Å². The molecule has 0 unspecified atom stereocenters. The Kier molecular flexibility index (Phi) is 4.94. The zero-order valence-corrected chi connectivity index (χ0v) is 16.7. The van der Waals surface area contributed by atoms with Crippen LogP contribution in [0, 0.1) is 16.7 Å². The number of fused-ring (bicyclic) bond motifs is 1. The minimum atomic E-state index is -0.310. The summed E-state index contributed by atoms with van der Waals surface area (Å²) in [4.78, 5) is 16.0. The summed E-state index contributed by atoms with van der Waals surface area (Å²) in [5, 5.41) is 5.39. The highest BCUT2D eigenvalue weighted by atomic mass is 32.2. The summed E-state index contributed by atoms with van der Waals surface area (Å²) in [6.07, 6.45) is 0. The average molecular weight is 416 g/mol. The number of H-pyrrole nitrogens is 1. The van der Waals surface area contributed by atoms with E-state index in [1.165, 1.54) is 35.2 Å². The number of halogens is 1. The molecule has 0 amide bonds. The standard InChI is InChI=1S/C19H14FN3OS3/c1-11-17(14-4-2-3-5-15(14)21-11)16(24)10-26-18-22-23(19(25)27-18)13-8-6-12(20)7-9-13/h2-9,21H,10H2,1H3. The van der Waals surface area contributed by atoms with Crippen molar-refractivity contribution in [2.75, 3.05) is 5.75 Å². The van der Waals surface area contributed by atoms with E-state index in [4.69, 9.17) is 12.2 Å². The van der Waals surface area contributed by atoms with Crippen LogP contribution in [0.15, 0.2) is 52.9 Å². The molecule has 2 aromatic carbocycles. The molecule has 1 N–H and O–H groups in total. The second kappa shape index (κ2) is 7.38. The first-order chi connectivity index (χ1) is 13.0. The van der Waals surface area contributed by atoms with Crippen molar-refractivity contribution in [3.05, 3.63) is 69.6 Å². The molecule has 2 aromatic heterocycles. The molecule has 0 spiro atoms. The zero-order valence-electron chi connectivity index (χ0n) is 14.2. The Morgan fingerprint density at radius 2 is 2.00 bits per heavy atom. The lowest BCUT2D eigenvalue weighted by atomic mass is 10.1. The number of aromatic nitrogens is 3. The van der Waals surface area contributed by atoms with Gasteiger partial charge in [-0.05, 0) is 49.5 Å². The van der Waals surface area contributed by atoms with Gasteiger partial charge >= 0.3 is 0 Å².